The first-order valence-corrected chi connectivity index (χ1v) is 17.9. The molecule has 0 bridgehead atoms. The molecule has 1 atom stereocenters. The Bertz CT molecular complexity index is 2410. The quantitative estimate of drug-likeness (QED) is 0.207. The Hall–Kier alpha value is -6.42. The third-order valence-corrected chi connectivity index (χ3v) is 10.6. The second kappa shape index (κ2) is 14.4. The molecule has 8 rings (SSSR count). The zero-order valence-electron chi connectivity index (χ0n) is 30.5. The van der Waals surface area contributed by atoms with E-state index in [0.29, 0.717) is 34.9 Å². The molecule has 2 aromatic carbocycles. The summed E-state index contributed by atoms with van der Waals surface area (Å²) in [7, 11) is 5.02. The van der Waals surface area contributed by atoms with Crippen LogP contribution < -0.4 is 25.1 Å². The second-order valence-corrected chi connectivity index (χ2v) is 13.9. The van der Waals surface area contributed by atoms with E-state index in [4.69, 9.17) is 14.2 Å². The molecule has 5 aromatic rings. The number of ether oxygens (including phenoxy) is 3. The lowest BCUT2D eigenvalue weighted by Gasteiger charge is -2.32. The Morgan fingerprint density at radius 2 is 1.60 bits per heavy atom. The molecule has 16 heteroatoms. The zero-order chi connectivity index (χ0) is 38.4. The molecule has 0 aliphatic carbocycles. The van der Waals surface area contributed by atoms with Crippen molar-refractivity contribution in [3.63, 3.8) is 0 Å². The molecule has 0 saturated carbocycles. The van der Waals surface area contributed by atoms with Gasteiger partial charge in [0.2, 0.25) is 11.8 Å². The largest absolute Gasteiger partial charge is 0.496 e. The SMILES string of the molecule is COc1cc(-c2cn(C)c(=O)c3cnccc23)cc(OC)c1CN1CCC(n2cc(COc3ccc4c(c3)C(=O)N(C3CCC(=O)NC3=O)C4=O)nn2)CC1. The maximum absolute atomic E-state index is 13.2. The molecular formula is C39H38N8O8. The van der Waals surface area contributed by atoms with Gasteiger partial charge >= 0.3 is 0 Å². The molecule has 55 heavy (non-hydrogen) atoms. The molecule has 2 saturated heterocycles. The molecule has 0 spiro atoms. The number of hydrogen-bond donors (Lipinski definition) is 1. The van der Waals surface area contributed by atoms with Crippen molar-refractivity contribution in [3.8, 4) is 28.4 Å². The molecule has 16 nitrogen and oxygen atoms in total. The van der Waals surface area contributed by atoms with Crippen molar-refractivity contribution in [3.05, 3.63) is 93.9 Å². The monoisotopic (exact) mass is 746 g/mol. The van der Waals surface area contributed by atoms with E-state index < -0.39 is 29.7 Å². The van der Waals surface area contributed by atoms with Gasteiger partial charge in [-0.2, -0.15) is 0 Å². The number of likely N-dealkylation sites (tertiary alicyclic amines) is 1. The number of carbonyl (C=O) groups excluding carboxylic acids is 4. The van der Waals surface area contributed by atoms with Gasteiger partial charge in [0, 0.05) is 57.3 Å². The van der Waals surface area contributed by atoms with Gasteiger partial charge in [0.1, 0.15) is 35.6 Å². The third kappa shape index (κ3) is 6.58. The summed E-state index contributed by atoms with van der Waals surface area (Å²) >= 11 is 0. The van der Waals surface area contributed by atoms with E-state index in [1.807, 2.05) is 35.3 Å². The van der Waals surface area contributed by atoms with E-state index in [-0.39, 0.29) is 42.2 Å². The summed E-state index contributed by atoms with van der Waals surface area (Å²) in [6, 6.07) is 9.51. The number of aryl methyl sites for hydroxylation is 1. The molecular weight excluding hydrogens is 708 g/mol. The smallest absolute Gasteiger partial charge is 0.262 e. The van der Waals surface area contributed by atoms with Crippen LogP contribution in [0.25, 0.3) is 21.9 Å². The minimum Gasteiger partial charge on any atom is -0.496 e. The number of methoxy groups -OCH3 is 2. The molecule has 1 unspecified atom stereocenters. The van der Waals surface area contributed by atoms with Crippen LogP contribution in [0.2, 0.25) is 0 Å². The molecule has 3 aliphatic rings. The lowest BCUT2D eigenvalue weighted by atomic mass is 9.98. The first kappa shape index (κ1) is 35.6. The Balaban J connectivity index is 0.897. The van der Waals surface area contributed by atoms with Crippen LogP contribution in [0, 0.1) is 0 Å². The van der Waals surface area contributed by atoms with Crippen molar-refractivity contribution < 1.29 is 33.4 Å². The van der Waals surface area contributed by atoms with Crippen LogP contribution in [0.1, 0.15) is 63.7 Å². The van der Waals surface area contributed by atoms with Crippen molar-refractivity contribution in [2.45, 2.75) is 50.9 Å². The molecule has 3 aromatic heterocycles. The van der Waals surface area contributed by atoms with Gasteiger partial charge in [-0.3, -0.25) is 44.1 Å². The molecule has 2 fully saturated rings. The lowest BCUT2D eigenvalue weighted by Crippen LogP contribution is -2.54. The Morgan fingerprint density at radius 3 is 2.33 bits per heavy atom. The topological polar surface area (TPSA) is 180 Å². The number of amides is 4. The molecule has 282 valence electrons. The Kier molecular flexibility index (Phi) is 9.34. The first-order chi connectivity index (χ1) is 26.6. The molecule has 3 aliphatic heterocycles. The maximum Gasteiger partial charge on any atom is 0.262 e. The fourth-order valence-corrected chi connectivity index (χ4v) is 7.66. The van der Waals surface area contributed by atoms with E-state index in [1.54, 1.807) is 44.3 Å². The van der Waals surface area contributed by atoms with Crippen molar-refractivity contribution >= 4 is 34.4 Å². The highest BCUT2D eigenvalue weighted by atomic mass is 16.5. The van der Waals surface area contributed by atoms with Crippen LogP contribution in [-0.2, 0) is 29.8 Å². The number of pyridine rings is 2. The number of rotatable bonds is 10. The number of benzene rings is 2. The highest BCUT2D eigenvalue weighted by Gasteiger charge is 2.44. The number of piperidine rings is 2. The van der Waals surface area contributed by atoms with Gasteiger partial charge in [-0.25, -0.2) is 4.68 Å². The average molecular weight is 747 g/mol. The highest BCUT2D eigenvalue weighted by Crippen LogP contribution is 2.38. The number of carbonyl (C=O) groups is 4. The minimum atomic E-state index is -1.03. The predicted octanol–water partition coefficient (Wildman–Crippen LogP) is 3.03. The first-order valence-electron chi connectivity index (χ1n) is 17.9. The van der Waals surface area contributed by atoms with Crippen LogP contribution in [0.3, 0.4) is 0 Å². The predicted molar refractivity (Wildman–Crippen MR) is 197 cm³/mol. The Morgan fingerprint density at radius 1 is 0.855 bits per heavy atom. The van der Waals surface area contributed by atoms with Crippen molar-refractivity contribution in [2.24, 2.45) is 7.05 Å². The van der Waals surface area contributed by atoms with Crippen LogP contribution in [-0.4, -0.2) is 91.3 Å². The fraction of sp³-hybridized carbons (Fsp3) is 0.333. The molecule has 6 heterocycles. The van der Waals surface area contributed by atoms with Gasteiger partial charge in [0.05, 0.1) is 48.5 Å². The number of fused-ring (bicyclic) bond motifs is 2. The van der Waals surface area contributed by atoms with Crippen molar-refractivity contribution in [1.29, 1.82) is 0 Å². The van der Waals surface area contributed by atoms with Crippen LogP contribution in [0.5, 0.6) is 17.2 Å². The second-order valence-electron chi connectivity index (χ2n) is 13.9. The summed E-state index contributed by atoms with van der Waals surface area (Å²) in [6.45, 7) is 2.33. The van der Waals surface area contributed by atoms with E-state index in [0.717, 1.165) is 52.9 Å². The summed E-state index contributed by atoms with van der Waals surface area (Å²) in [5, 5.41) is 12.2. The van der Waals surface area contributed by atoms with Crippen LogP contribution >= 0.6 is 0 Å². The molecule has 0 radical (unpaired) electrons. The summed E-state index contributed by atoms with van der Waals surface area (Å²) in [5.41, 5.74) is 3.49. The normalized spacial score (nSPS) is 17.8. The van der Waals surface area contributed by atoms with Gasteiger partial charge in [0.15, 0.2) is 0 Å². The third-order valence-electron chi connectivity index (χ3n) is 10.6. The van der Waals surface area contributed by atoms with Crippen LogP contribution in [0.15, 0.2) is 66.0 Å². The number of imide groups is 2. The van der Waals surface area contributed by atoms with E-state index >= 15 is 0 Å². The fourth-order valence-electron chi connectivity index (χ4n) is 7.66. The van der Waals surface area contributed by atoms with Gasteiger partial charge < -0.3 is 18.8 Å². The number of nitrogens with zero attached hydrogens (tertiary/aromatic N) is 7. The molecule has 1 N–H and O–H groups in total. The maximum atomic E-state index is 13.2. The number of hydrogen-bond acceptors (Lipinski definition) is 12. The van der Waals surface area contributed by atoms with E-state index in [1.165, 1.54) is 12.1 Å². The van der Waals surface area contributed by atoms with Crippen molar-refractivity contribution in [1.82, 2.24) is 39.7 Å². The lowest BCUT2D eigenvalue weighted by molar-refractivity contribution is -0.136. The van der Waals surface area contributed by atoms with Gasteiger partial charge in [0.25, 0.3) is 17.4 Å². The Labute approximate surface area is 314 Å². The summed E-state index contributed by atoms with van der Waals surface area (Å²) in [4.78, 5) is 70.3. The summed E-state index contributed by atoms with van der Waals surface area (Å²) in [6.07, 6.45) is 8.77. The van der Waals surface area contributed by atoms with Crippen molar-refractivity contribution in [2.75, 3.05) is 27.3 Å². The van der Waals surface area contributed by atoms with E-state index in [2.05, 4.69) is 25.5 Å². The van der Waals surface area contributed by atoms with Gasteiger partial charge in [-0.15, -0.1) is 5.10 Å². The number of aromatic nitrogens is 5. The average Bonchev–Trinajstić information content (AvgIpc) is 3.77. The highest BCUT2D eigenvalue weighted by molar-refractivity contribution is 6.23. The number of nitrogens with one attached hydrogen (secondary N) is 1. The van der Waals surface area contributed by atoms with Crippen LogP contribution in [0.4, 0.5) is 0 Å². The minimum absolute atomic E-state index is 0.0509. The van der Waals surface area contributed by atoms with Gasteiger partial charge in [-0.05, 0) is 66.6 Å². The summed E-state index contributed by atoms with van der Waals surface area (Å²) in [5.74, 6) is -0.500. The molecule has 4 amide bonds. The summed E-state index contributed by atoms with van der Waals surface area (Å²) < 4.78 is 21.2. The standard InChI is InChI=1S/C39H38N8O8/c1-44-19-30(26-8-11-40-17-29(26)37(44)50)22-14-33(53-2)31(34(15-22)54-3)20-45-12-9-24(10-13-45)46-18-23(42-43-46)21-55-25-4-5-27-28(16-25)39(52)47(38(27)51)32-6-7-35(48)41-36(32)49/h4-5,8,11,14-19,24,32H,6-7,9-10,12-13,20-21H2,1-3H3,(H,41,48,49). The van der Waals surface area contributed by atoms with Gasteiger partial charge in [-0.1, -0.05) is 5.21 Å². The van der Waals surface area contributed by atoms with E-state index in [9.17, 15) is 24.0 Å². The zero-order valence-corrected chi connectivity index (χ0v) is 30.5.